The quantitative estimate of drug-likeness (QED) is 0.662. The van der Waals surface area contributed by atoms with Gasteiger partial charge in [0, 0.05) is 37.9 Å². The Bertz CT molecular complexity index is 382. The molecule has 0 radical (unpaired) electrons. The average molecular weight is 217 g/mol. The number of hydrogen-bond acceptors (Lipinski definition) is 2. The van der Waals surface area contributed by atoms with Crippen LogP contribution in [-0.2, 0) is 10.2 Å². The van der Waals surface area contributed by atoms with E-state index in [9.17, 15) is 0 Å². The van der Waals surface area contributed by atoms with E-state index in [0.717, 1.165) is 13.2 Å². The second-order valence-corrected chi connectivity index (χ2v) is 5.08. The maximum Gasteiger partial charge on any atom is 0.0474 e. The van der Waals surface area contributed by atoms with Gasteiger partial charge in [-0.1, -0.05) is 18.2 Å². The summed E-state index contributed by atoms with van der Waals surface area (Å²) >= 11 is 0. The Balaban J connectivity index is 2.06. The van der Waals surface area contributed by atoms with Gasteiger partial charge in [-0.05, 0) is 30.9 Å². The van der Waals surface area contributed by atoms with Gasteiger partial charge in [0.25, 0.3) is 0 Å². The van der Waals surface area contributed by atoms with E-state index in [4.69, 9.17) is 4.74 Å². The van der Waals surface area contributed by atoms with Crippen molar-refractivity contribution >= 4 is 5.69 Å². The second kappa shape index (κ2) is 3.77. The molecular weight excluding hydrogens is 198 g/mol. The lowest BCUT2D eigenvalue weighted by atomic mass is 9.69. The van der Waals surface area contributed by atoms with Crippen molar-refractivity contribution in [3.05, 3.63) is 29.8 Å². The van der Waals surface area contributed by atoms with E-state index in [1.54, 1.807) is 5.56 Å². The van der Waals surface area contributed by atoms with Crippen LogP contribution in [0, 0.1) is 0 Å². The van der Waals surface area contributed by atoms with E-state index < -0.39 is 0 Å². The van der Waals surface area contributed by atoms with Gasteiger partial charge in [0.15, 0.2) is 0 Å². The zero-order valence-corrected chi connectivity index (χ0v) is 9.91. The van der Waals surface area contributed by atoms with Crippen LogP contribution in [0.3, 0.4) is 0 Å². The first-order valence-electron chi connectivity index (χ1n) is 6.20. The summed E-state index contributed by atoms with van der Waals surface area (Å²) in [6, 6.07) is 8.89. The van der Waals surface area contributed by atoms with Crippen molar-refractivity contribution in [2.75, 3.05) is 31.7 Å². The van der Waals surface area contributed by atoms with E-state index in [1.807, 2.05) is 0 Å². The minimum Gasteiger partial charge on any atom is -0.381 e. The van der Waals surface area contributed by atoms with Crippen LogP contribution in [0.5, 0.6) is 0 Å². The van der Waals surface area contributed by atoms with Gasteiger partial charge in [-0.2, -0.15) is 0 Å². The van der Waals surface area contributed by atoms with Gasteiger partial charge in [0.05, 0.1) is 0 Å². The normalized spacial score (nSPS) is 23.2. The first kappa shape index (κ1) is 10.2. The highest BCUT2D eigenvalue weighted by molar-refractivity contribution is 5.58. The molecule has 2 heteroatoms. The Hall–Kier alpha value is -1.02. The molecule has 3 rings (SSSR count). The Kier molecular flexibility index (Phi) is 2.40. The summed E-state index contributed by atoms with van der Waals surface area (Å²) in [7, 11) is 2.20. The van der Waals surface area contributed by atoms with Crippen molar-refractivity contribution in [3.8, 4) is 0 Å². The molecule has 1 spiro atoms. The Morgan fingerprint density at radius 2 is 1.88 bits per heavy atom. The Morgan fingerprint density at radius 1 is 1.12 bits per heavy atom. The molecular formula is C14H19NO. The number of nitrogens with zero attached hydrogens (tertiary/aromatic N) is 1. The molecule has 0 bridgehead atoms. The van der Waals surface area contributed by atoms with E-state index in [2.05, 4.69) is 36.2 Å². The van der Waals surface area contributed by atoms with Crippen LogP contribution in [0.4, 0.5) is 5.69 Å². The number of benzene rings is 1. The first-order chi connectivity index (χ1) is 7.82. The minimum atomic E-state index is 0.404. The number of fused-ring (bicyclic) bond motifs is 2. The number of rotatable bonds is 0. The molecule has 0 amide bonds. The molecule has 86 valence electrons. The molecule has 2 aliphatic rings. The van der Waals surface area contributed by atoms with Crippen molar-refractivity contribution in [2.45, 2.75) is 24.7 Å². The molecule has 0 aliphatic carbocycles. The van der Waals surface area contributed by atoms with E-state index in [-0.39, 0.29) is 0 Å². The number of para-hydroxylation sites is 1. The fourth-order valence-corrected chi connectivity index (χ4v) is 3.17. The number of anilines is 1. The van der Waals surface area contributed by atoms with E-state index in [0.29, 0.717) is 5.41 Å². The van der Waals surface area contributed by atoms with Crippen molar-refractivity contribution < 1.29 is 4.74 Å². The van der Waals surface area contributed by atoms with Crippen LogP contribution < -0.4 is 4.90 Å². The third kappa shape index (κ3) is 1.44. The molecule has 1 aromatic carbocycles. The first-order valence-corrected chi connectivity index (χ1v) is 6.20. The van der Waals surface area contributed by atoms with Crippen LogP contribution in [0.1, 0.15) is 24.8 Å². The zero-order valence-electron chi connectivity index (χ0n) is 9.91. The maximum absolute atomic E-state index is 5.53. The fourth-order valence-electron chi connectivity index (χ4n) is 3.17. The van der Waals surface area contributed by atoms with Crippen molar-refractivity contribution in [2.24, 2.45) is 0 Å². The number of ether oxygens (including phenoxy) is 1. The van der Waals surface area contributed by atoms with Crippen LogP contribution in [0.25, 0.3) is 0 Å². The van der Waals surface area contributed by atoms with Gasteiger partial charge in [0.1, 0.15) is 0 Å². The molecule has 0 atom stereocenters. The smallest absolute Gasteiger partial charge is 0.0474 e. The second-order valence-electron chi connectivity index (χ2n) is 5.08. The summed E-state index contributed by atoms with van der Waals surface area (Å²) in [5.74, 6) is 0. The lowest BCUT2D eigenvalue weighted by Gasteiger charge is -2.45. The highest BCUT2D eigenvalue weighted by Crippen LogP contribution is 2.45. The highest BCUT2D eigenvalue weighted by Gasteiger charge is 2.39. The Morgan fingerprint density at radius 3 is 2.69 bits per heavy atom. The van der Waals surface area contributed by atoms with Crippen molar-refractivity contribution in [3.63, 3.8) is 0 Å². The molecule has 1 aromatic rings. The summed E-state index contributed by atoms with van der Waals surface area (Å²) in [6.45, 7) is 3.03. The van der Waals surface area contributed by atoms with Gasteiger partial charge in [0.2, 0.25) is 0 Å². The summed E-state index contributed by atoms with van der Waals surface area (Å²) in [6.07, 6.45) is 3.67. The predicted molar refractivity (Wildman–Crippen MR) is 66.1 cm³/mol. The standard InChI is InChI=1S/C14H19NO/c1-15-9-6-14(7-10-16-11-8-14)12-4-2-3-5-13(12)15/h2-5H,6-11H2,1H3. The summed E-state index contributed by atoms with van der Waals surface area (Å²) in [4.78, 5) is 2.38. The third-order valence-corrected chi connectivity index (χ3v) is 4.26. The van der Waals surface area contributed by atoms with Gasteiger partial charge < -0.3 is 9.64 Å². The molecule has 0 aromatic heterocycles. The van der Waals surface area contributed by atoms with E-state index in [1.165, 1.54) is 31.5 Å². The third-order valence-electron chi connectivity index (χ3n) is 4.26. The summed E-state index contributed by atoms with van der Waals surface area (Å²) < 4.78 is 5.53. The Labute approximate surface area is 97.2 Å². The molecule has 16 heavy (non-hydrogen) atoms. The van der Waals surface area contributed by atoms with Crippen molar-refractivity contribution in [1.29, 1.82) is 0 Å². The maximum atomic E-state index is 5.53. The van der Waals surface area contributed by atoms with Crippen LogP contribution in [0.2, 0.25) is 0 Å². The van der Waals surface area contributed by atoms with Crippen LogP contribution >= 0.6 is 0 Å². The predicted octanol–water partition coefficient (Wildman–Crippen LogP) is 2.57. The van der Waals surface area contributed by atoms with Crippen LogP contribution in [-0.4, -0.2) is 26.8 Å². The molecule has 2 nitrogen and oxygen atoms in total. The van der Waals surface area contributed by atoms with Crippen molar-refractivity contribution in [1.82, 2.24) is 0 Å². The van der Waals surface area contributed by atoms with Gasteiger partial charge >= 0.3 is 0 Å². The van der Waals surface area contributed by atoms with Gasteiger partial charge in [-0.25, -0.2) is 0 Å². The SMILES string of the molecule is CN1CCC2(CCOCC2)c2ccccc21. The lowest BCUT2D eigenvalue weighted by molar-refractivity contribution is 0.0462. The summed E-state index contributed by atoms with van der Waals surface area (Å²) in [5, 5.41) is 0. The monoisotopic (exact) mass is 217 g/mol. The highest BCUT2D eigenvalue weighted by atomic mass is 16.5. The average Bonchev–Trinajstić information content (AvgIpc) is 2.36. The number of hydrogen-bond donors (Lipinski definition) is 0. The van der Waals surface area contributed by atoms with Crippen LogP contribution in [0.15, 0.2) is 24.3 Å². The fraction of sp³-hybridized carbons (Fsp3) is 0.571. The zero-order chi connectivity index (χ0) is 11.0. The molecule has 2 heterocycles. The summed E-state index contributed by atoms with van der Waals surface area (Å²) in [5.41, 5.74) is 3.38. The molecule has 0 unspecified atom stereocenters. The lowest BCUT2D eigenvalue weighted by Crippen LogP contribution is -2.42. The minimum absolute atomic E-state index is 0.404. The molecule has 0 saturated carbocycles. The topological polar surface area (TPSA) is 12.5 Å². The molecule has 0 N–H and O–H groups in total. The van der Waals surface area contributed by atoms with Gasteiger partial charge in [-0.15, -0.1) is 0 Å². The largest absolute Gasteiger partial charge is 0.381 e. The van der Waals surface area contributed by atoms with E-state index >= 15 is 0 Å². The molecule has 1 fully saturated rings. The van der Waals surface area contributed by atoms with Gasteiger partial charge in [-0.3, -0.25) is 0 Å². The molecule has 2 aliphatic heterocycles. The molecule has 1 saturated heterocycles.